The van der Waals surface area contributed by atoms with E-state index in [1.165, 1.54) is 33.5 Å². The first-order valence-electron chi connectivity index (χ1n) is 7.39. The second kappa shape index (κ2) is 6.29. The second-order valence-corrected chi connectivity index (χ2v) is 7.18. The van der Waals surface area contributed by atoms with Gasteiger partial charge in [-0.15, -0.1) is 0 Å². The van der Waals surface area contributed by atoms with Crippen LogP contribution in [-0.4, -0.2) is 40.0 Å². The van der Waals surface area contributed by atoms with Gasteiger partial charge < -0.3 is 14.2 Å². The van der Waals surface area contributed by atoms with Gasteiger partial charge in [-0.1, -0.05) is 12.1 Å². The molecule has 0 radical (unpaired) electrons. The van der Waals surface area contributed by atoms with E-state index < -0.39 is 15.9 Å². The van der Waals surface area contributed by atoms with Gasteiger partial charge in [0.1, 0.15) is 4.90 Å². The normalized spacial score (nSPS) is 15.0. The van der Waals surface area contributed by atoms with E-state index in [1.807, 2.05) is 0 Å². The molecule has 0 saturated carbocycles. The third kappa shape index (κ3) is 2.68. The van der Waals surface area contributed by atoms with Crippen molar-refractivity contribution in [1.82, 2.24) is 4.31 Å². The highest BCUT2D eigenvalue weighted by molar-refractivity contribution is 7.90. The summed E-state index contributed by atoms with van der Waals surface area (Å²) in [5, 5.41) is 0. The molecule has 0 N–H and O–H groups in total. The maximum atomic E-state index is 12.6. The van der Waals surface area contributed by atoms with Gasteiger partial charge >= 0.3 is 0 Å². The molecule has 1 aliphatic rings. The lowest BCUT2D eigenvalue weighted by molar-refractivity contribution is 0.0864. The number of nitrogens with zero attached hydrogens (tertiary/aromatic N) is 1. The van der Waals surface area contributed by atoms with Crippen molar-refractivity contribution < 1.29 is 27.4 Å². The summed E-state index contributed by atoms with van der Waals surface area (Å²) < 4.78 is 41.9. The van der Waals surface area contributed by atoms with Gasteiger partial charge in [-0.05, 0) is 29.8 Å². The van der Waals surface area contributed by atoms with Gasteiger partial charge in [0.15, 0.2) is 11.5 Å². The molecule has 0 spiro atoms. The molecule has 0 fully saturated rings. The molecule has 1 heterocycles. The first-order chi connectivity index (χ1) is 11.9. The zero-order chi connectivity index (χ0) is 18.2. The highest BCUT2D eigenvalue weighted by atomic mass is 32.2. The highest BCUT2D eigenvalue weighted by Gasteiger charge is 2.40. The summed E-state index contributed by atoms with van der Waals surface area (Å²) in [7, 11) is 0.534. The number of ether oxygens (including phenoxy) is 3. The van der Waals surface area contributed by atoms with Gasteiger partial charge in [0.2, 0.25) is 5.75 Å². The molecule has 1 aliphatic heterocycles. The average molecular weight is 363 g/mol. The number of amides is 1. The van der Waals surface area contributed by atoms with Gasteiger partial charge in [0, 0.05) is 0 Å². The Hall–Kier alpha value is -2.74. The molecule has 0 atom stereocenters. The Morgan fingerprint density at radius 2 is 1.56 bits per heavy atom. The van der Waals surface area contributed by atoms with Crippen LogP contribution in [-0.2, 0) is 16.6 Å². The molecular weight excluding hydrogens is 346 g/mol. The van der Waals surface area contributed by atoms with Gasteiger partial charge in [0.25, 0.3) is 15.9 Å². The number of carbonyl (C=O) groups is 1. The van der Waals surface area contributed by atoms with E-state index in [9.17, 15) is 13.2 Å². The van der Waals surface area contributed by atoms with Crippen LogP contribution in [0.2, 0.25) is 0 Å². The van der Waals surface area contributed by atoms with E-state index in [4.69, 9.17) is 14.2 Å². The van der Waals surface area contributed by atoms with Crippen molar-refractivity contribution in [3.63, 3.8) is 0 Å². The van der Waals surface area contributed by atoms with E-state index in [0.29, 0.717) is 22.8 Å². The first kappa shape index (κ1) is 17.1. The molecule has 0 aliphatic carbocycles. The number of methoxy groups -OCH3 is 3. The van der Waals surface area contributed by atoms with E-state index in [2.05, 4.69) is 0 Å². The SMILES string of the molecule is COc1cc(CN2C(=O)c3ccccc3S2(=O)=O)cc(OC)c1OC. The number of benzene rings is 2. The first-order valence-corrected chi connectivity index (χ1v) is 8.83. The third-order valence-electron chi connectivity index (χ3n) is 3.96. The summed E-state index contributed by atoms with van der Waals surface area (Å²) in [5.41, 5.74) is 0.717. The topological polar surface area (TPSA) is 82.1 Å². The van der Waals surface area contributed by atoms with Gasteiger partial charge in [-0.3, -0.25) is 4.79 Å². The molecule has 0 aromatic heterocycles. The molecule has 8 heteroatoms. The summed E-state index contributed by atoms with van der Waals surface area (Å²) in [6, 6.07) is 9.39. The monoisotopic (exact) mass is 363 g/mol. The highest BCUT2D eigenvalue weighted by Crippen LogP contribution is 2.39. The number of fused-ring (bicyclic) bond motifs is 1. The van der Waals surface area contributed by atoms with Crippen molar-refractivity contribution in [3.05, 3.63) is 47.5 Å². The molecule has 25 heavy (non-hydrogen) atoms. The predicted octanol–water partition coefficient (Wildman–Crippen LogP) is 2.06. The number of hydrogen-bond acceptors (Lipinski definition) is 6. The van der Waals surface area contributed by atoms with Crippen molar-refractivity contribution in [2.75, 3.05) is 21.3 Å². The Bertz CT molecular complexity index is 913. The fourth-order valence-electron chi connectivity index (χ4n) is 2.78. The van der Waals surface area contributed by atoms with Crippen molar-refractivity contribution >= 4 is 15.9 Å². The zero-order valence-corrected chi connectivity index (χ0v) is 14.8. The van der Waals surface area contributed by atoms with Crippen LogP contribution < -0.4 is 14.2 Å². The quantitative estimate of drug-likeness (QED) is 0.809. The van der Waals surface area contributed by atoms with Crippen LogP contribution in [0.4, 0.5) is 0 Å². The maximum Gasteiger partial charge on any atom is 0.269 e. The number of carbonyl (C=O) groups excluding carboxylic acids is 1. The molecule has 7 nitrogen and oxygen atoms in total. The fraction of sp³-hybridized carbons (Fsp3) is 0.235. The second-order valence-electron chi connectivity index (χ2n) is 5.35. The van der Waals surface area contributed by atoms with E-state index in [1.54, 1.807) is 24.3 Å². The summed E-state index contributed by atoms with van der Waals surface area (Å²) in [5.74, 6) is 0.619. The molecule has 2 aromatic carbocycles. The van der Waals surface area contributed by atoms with E-state index in [0.717, 1.165) is 4.31 Å². The summed E-state index contributed by atoms with van der Waals surface area (Å²) in [4.78, 5) is 12.5. The lowest BCUT2D eigenvalue weighted by Gasteiger charge is -2.18. The molecule has 1 amide bonds. The lowest BCUT2D eigenvalue weighted by atomic mass is 10.1. The molecular formula is C17H17NO6S. The van der Waals surface area contributed by atoms with Crippen LogP contribution in [0.1, 0.15) is 15.9 Å². The van der Waals surface area contributed by atoms with Gasteiger partial charge in [-0.2, -0.15) is 0 Å². The van der Waals surface area contributed by atoms with E-state index in [-0.39, 0.29) is 17.0 Å². The third-order valence-corrected chi connectivity index (χ3v) is 5.75. The average Bonchev–Trinajstić information content (AvgIpc) is 2.82. The Kier molecular flexibility index (Phi) is 4.30. The van der Waals surface area contributed by atoms with Crippen LogP contribution in [0.15, 0.2) is 41.3 Å². The smallest absolute Gasteiger partial charge is 0.269 e. The minimum absolute atomic E-state index is 0.0208. The van der Waals surface area contributed by atoms with Gasteiger partial charge in [0.05, 0.1) is 33.4 Å². The van der Waals surface area contributed by atoms with Crippen molar-refractivity contribution in [1.29, 1.82) is 0 Å². The number of rotatable bonds is 5. The summed E-state index contributed by atoms with van der Waals surface area (Å²) >= 11 is 0. The molecule has 3 rings (SSSR count). The standard InChI is InChI=1S/C17H17NO6S/c1-22-13-8-11(9-14(23-2)16(13)24-3)10-18-17(19)12-6-4-5-7-15(12)25(18,20)21/h4-9H,10H2,1-3H3. The van der Waals surface area contributed by atoms with Gasteiger partial charge in [-0.25, -0.2) is 12.7 Å². The van der Waals surface area contributed by atoms with Crippen LogP contribution in [0, 0.1) is 0 Å². The number of hydrogen-bond donors (Lipinski definition) is 0. The van der Waals surface area contributed by atoms with Crippen LogP contribution in [0.3, 0.4) is 0 Å². The van der Waals surface area contributed by atoms with Crippen molar-refractivity contribution in [2.45, 2.75) is 11.4 Å². The fourth-order valence-corrected chi connectivity index (χ4v) is 4.34. The summed E-state index contributed by atoms with van der Waals surface area (Å²) in [6.07, 6.45) is 0. The Balaban J connectivity index is 2.03. The summed E-state index contributed by atoms with van der Waals surface area (Å²) in [6.45, 7) is -0.132. The molecule has 132 valence electrons. The molecule has 0 unspecified atom stereocenters. The Morgan fingerprint density at radius 1 is 0.960 bits per heavy atom. The van der Waals surface area contributed by atoms with Crippen molar-refractivity contribution in [2.24, 2.45) is 0 Å². The number of sulfonamides is 1. The molecule has 2 aromatic rings. The molecule has 0 saturated heterocycles. The Labute approximate surface area is 145 Å². The lowest BCUT2D eigenvalue weighted by Crippen LogP contribution is -2.29. The Morgan fingerprint density at radius 3 is 2.08 bits per heavy atom. The zero-order valence-electron chi connectivity index (χ0n) is 14.0. The van der Waals surface area contributed by atoms with Crippen LogP contribution >= 0.6 is 0 Å². The minimum atomic E-state index is -3.88. The molecule has 0 bridgehead atoms. The predicted molar refractivity (Wildman–Crippen MR) is 89.6 cm³/mol. The van der Waals surface area contributed by atoms with E-state index >= 15 is 0 Å². The van der Waals surface area contributed by atoms with Crippen molar-refractivity contribution in [3.8, 4) is 17.2 Å². The van der Waals surface area contributed by atoms with Crippen LogP contribution in [0.25, 0.3) is 0 Å². The largest absolute Gasteiger partial charge is 0.493 e. The maximum absolute atomic E-state index is 12.6. The van der Waals surface area contributed by atoms with Crippen LogP contribution in [0.5, 0.6) is 17.2 Å². The minimum Gasteiger partial charge on any atom is -0.493 e.